The molecule has 2 fully saturated rings. The van der Waals surface area contributed by atoms with Gasteiger partial charge in [-0.15, -0.1) is 29.9 Å². The summed E-state index contributed by atoms with van der Waals surface area (Å²) in [7, 11) is 0. The van der Waals surface area contributed by atoms with Crippen molar-refractivity contribution in [3.05, 3.63) is 11.9 Å². The Labute approximate surface area is 162 Å². The van der Waals surface area contributed by atoms with Crippen LogP contribution >= 0.6 is 24.8 Å². The van der Waals surface area contributed by atoms with Crippen LogP contribution in [0.4, 0.5) is 0 Å². The number of rotatable bonds is 5. The molecule has 0 saturated carbocycles. The van der Waals surface area contributed by atoms with E-state index in [9.17, 15) is 4.79 Å². The molecule has 1 aromatic rings. The highest BCUT2D eigenvalue weighted by Gasteiger charge is 2.20. The highest BCUT2D eigenvalue weighted by molar-refractivity contribution is 5.91. The second-order valence-corrected chi connectivity index (χ2v) is 6.70. The van der Waals surface area contributed by atoms with Crippen molar-refractivity contribution in [2.45, 2.75) is 51.1 Å². The summed E-state index contributed by atoms with van der Waals surface area (Å²) in [5, 5.41) is 14.5. The van der Waals surface area contributed by atoms with Crippen LogP contribution in [-0.4, -0.2) is 64.6 Å². The largest absolute Gasteiger partial charge is 0.349 e. The molecular formula is C16H30Cl2N6O. The van der Waals surface area contributed by atoms with Gasteiger partial charge in [0.25, 0.3) is 5.91 Å². The van der Waals surface area contributed by atoms with E-state index in [1.807, 2.05) is 4.68 Å². The van der Waals surface area contributed by atoms with E-state index >= 15 is 0 Å². The number of piperidine rings is 2. The van der Waals surface area contributed by atoms with Crippen molar-refractivity contribution >= 4 is 30.7 Å². The molecule has 0 radical (unpaired) electrons. The smallest absolute Gasteiger partial charge is 0.273 e. The number of amides is 1. The number of hydrogen-bond donors (Lipinski definition) is 2. The van der Waals surface area contributed by atoms with Gasteiger partial charge < -0.3 is 10.6 Å². The van der Waals surface area contributed by atoms with Crippen molar-refractivity contribution < 1.29 is 4.79 Å². The molecule has 1 atom stereocenters. The summed E-state index contributed by atoms with van der Waals surface area (Å²) < 4.78 is 1.85. The van der Waals surface area contributed by atoms with Gasteiger partial charge in [0.05, 0.1) is 12.2 Å². The quantitative estimate of drug-likeness (QED) is 0.796. The number of nitrogens with zero attached hydrogens (tertiary/aromatic N) is 4. The van der Waals surface area contributed by atoms with Gasteiger partial charge in [0.15, 0.2) is 5.69 Å². The maximum atomic E-state index is 12.2. The molecular weight excluding hydrogens is 363 g/mol. The Bertz CT molecular complexity index is 520. The molecule has 0 aliphatic carbocycles. The molecule has 7 nitrogen and oxygen atoms in total. The van der Waals surface area contributed by atoms with Crippen LogP contribution in [0, 0.1) is 0 Å². The lowest BCUT2D eigenvalue weighted by Gasteiger charge is -2.33. The Morgan fingerprint density at radius 2 is 2.04 bits per heavy atom. The molecule has 3 rings (SSSR count). The van der Waals surface area contributed by atoms with E-state index in [4.69, 9.17) is 0 Å². The zero-order chi connectivity index (χ0) is 16.1. The maximum absolute atomic E-state index is 12.2. The van der Waals surface area contributed by atoms with Gasteiger partial charge >= 0.3 is 0 Å². The van der Waals surface area contributed by atoms with E-state index in [1.165, 1.54) is 19.3 Å². The van der Waals surface area contributed by atoms with Crippen molar-refractivity contribution in [2.24, 2.45) is 0 Å². The Balaban J connectivity index is 0.00000156. The number of hydrogen-bond acceptors (Lipinski definition) is 5. The highest BCUT2D eigenvalue weighted by atomic mass is 35.5. The fraction of sp³-hybridized carbons (Fsp3) is 0.812. The zero-order valence-corrected chi connectivity index (χ0v) is 16.4. The number of halogens is 2. The average molecular weight is 393 g/mol. The van der Waals surface area contributed by atoms with E-state index in [0.717, 1.165) is 39.0 Å². The molecule has 0 spiro atoms. The van der Waals surface area contributed by atoms with E-state index < -0.39 is 0 Å². The van der Waals surface area contributed by atoms with Gasteiger partial charge in [-0.2, -0.15) is 0 Å². The van der Waals surface area contributed by atoms with Crippen LogP contribution in [0.2, 0.25) is 0 Å². The van der Waals surface area contributed by atoms with Crippen molar-refractivity contribution in [3.63, 3.8) is 0 Å². The fourth-order valence-electron chi connectivity index (χ4n) is 3.52. The summed E-state index contributed by atoms with van der Waals surface area (Å²) in [6.45, 7) is 6.99. The third kappa shape index (κ3) is 6.09. The molecule has 9 heteroatoms. The first kappa shape index (κ1) is 22.2. The monoisotopic (exact) mass is 392 g/mol. The van der Waals surface area contributed by atoms with Crippen molar-refractivity contribution in [2.75, 3.05) is 32.7 Å². The van der Waals surface area contributed by atoms with Gasteiger partial charge in [0, 0.05) is 19.1 Å². The summed E-state index contributed by atoms with van der Waals surface area (Å²) in [6, 6.07) is 0.987. The van der Waals surface area contributed by atoms with Crippen LogP contribution in [0.3, 0.4) is 0 Å². The molecule has 1 aromatic heterocycles. The topological polar surface area (TPSA) is 75.1 Å². The normalized spacial score (nSPS) is 21.9. The molecule has 144 valence electrons. The van der Waals surface area contributed by atoms with Gasteiger partial charge in [-0.05, 0) is 52.2 Å². The molecule has 2 N–H and O–H groups in total. The lowest BCUT2D eigenvalue weighted by molar-refractivity contribution is 0.0933. The zero-order valence-electron chi connectivity index (χ0n) is 14.8. The first-order chi connectivity index (χ1) is 11.2. The molecule has 25 heavy (non-hydrogen) atoms. The number of carbonyl (C=O) groups excluding carboxylic acids is 1. The second-order valence-electron chi connectivity index (χ2n) is 6.70. The second kappa shape index (κ2) is 11.0. The molecule has 2 aliphatic heterocycles. The third-order valence-electron chi connectivity index (χ3n) is 5.05. The standard InChI is InChI=1S/C16H28N6O.2ClH/c1-13-4-2-3-10-21(13)11-9-18-16(23)15-12-22(20-19-15)14-5-7-17-8-6-14;;/h12-14,17H,2-11H2,1H3,(H,18,23);2*1H. The minimum atomic E-state index is -0.116. The summed E-state index contributed by atoms with van der Waals surface area (Å²) in [6.07, 6.45) is 7.72. The molecule has 0 bridgehead atoms. The van der Waals surface area contributed by atoms with E-state index in [0.29, 0.717) is 24.3 Å². The Morgan fingerprint density at radius 3 is 2.76 bits per heavy atom. The molecule has 2 saturated heterocycles. The fourth-order valence-corrected chi connectivity index (χ4v) is 3.52. The van der Waals surface area contributed by atoms with Gasteiger partial charge in [0.1, 0.15) is 0 Å². The van der Waals surface area contributed by atoms with Crippen molar-refractivity contribution in [1.29, 1.82) is 0 Å². The summed E-state index contributed by atoms with van der Waals surface area (Å²) in [4.78, 5) is 14.7. The van der Waals surface area contributed by atoms with Crippen LogP contribution < -0.4 is 10.6 Å². The summed E-state index contributed by atoms with van der Waals surface area (Å²) in [5.41, 5.74) is 0.426. The molecule has 1 unspecified atom stereocenters. The highest BCUT2D eigenvalue weighted by Crippen LogP contribution is 2.17. The Morgan fingerprint density at radius 1 is 1.28 bits per heavy atom. The third-order valence-corrected chi connectivity index (χ3v) is 5.05. The van der Waals surface area contributed by atoms with Crippen molar-refractivity contribution in [1.82, 2.24) is 30.5 Å². The van der Waals surface area contributed by atoms with Gasteiger partial charge in [0.2, 0.25) is 0 Å². The predicted octanol–water partition coefficient (Wildman–Crippen LogP) is 1.65. The SMILES string of the molecule is CC1CCCCN1CCNC(=O)c1cn(C2CCNCC2)nn1.Cl.Cl. The predicted molar refractivity (Wildman–Crippen MR) is 103 cm³/mol. The van der Waals surface area contributed by atoms with Gasteiger partial charge in [-0.25, -0.2) is 4.68 Å². The van der Waals surface area contributed by atoms with Crippen LogP contribution in [0.1, 0.15) is 55.6 Å². The minimum absolute atomic E-state index is 0. The van der Waals surface area contributed by atoms with E-state index in [1.54, 1.807) is 6.20 Å². The lowest BCUT2D eigenvalue weighted by Crippen LogP contribution is -2.42. The minimum Gasteiger partial charge on any atom is -0.349 e. The van der Waals surface area contributed by atoms with Crippen molar-refractivity contribution in [3.8, 4) is 0 Å². The first-order valence-corrected chi connectivity index (χ1v) is 8.89. The number of carbonyl (C=O) groups is 1. The van der Waals surface area contributed by atoms with Crippen LogP contribution in [0.15, 0.2) is 6.20 Å². The molecule has 0 aromatic carbocycles. The average Bonchev–Trinajstić information content (AvgIpc) is 3.07. The van der Waals surface area contributed by atoms with Gasteiger partial charge in [-0.1, -0.05) is 11.6 Å². The number of aromatic nitrogens is 3. The summed E-state index contributed by atoms with van der Waals surface area (Å²) >= 11 is 0. The Hall–Kier alpha value is -0.890. The van der Waals surface area contributed by atoms with Crippen LogP contribution in [0.5, 0.6) is 0 Å². The van der Waals surface area contributed by atoms with Gasteiger partial charge in [-0.3, -0.25) is 9.69 Å². The van der Waals surface area contributed by atoms with E-state index in [-0.39, 0.29) is 30.7 Å². The van der Waals surface area contributed by atoms with Crippen LogP contribution in [-0.2, 0) is 0 Å². The Kier molecular flexibility index (Phi) is 9.71. The molecule has 2 aliphatic rings. The summed E-state index contributed by atoms with van der Waals surface area (Å²) in [5.74, 6) is -0.116. The molecule has 3 heterocycles. The lowest BCUT2D eigenvalue weighted by atomic mass is 10.0. The molecule has 1 amide bonds. The number of likely N-dealkylation sites (tertiary alicyclic amines) is 1. The first-order valence-electron chi connectivity index (χ1n) is 8.89. The maximum Gasteiger partial charge on any atom is 0.273 e. The van der Waals surface area contributed by atoms with Crippen LogP contribution in [0.25, 0.3) is 0 Å². The number of nitrogens with one attached hydrogen (secondary N) is 2. The van der Waals surface area contributed by atoms with E-state index in [2.05, 4.69) is 32.8 Å².